The number of methoxy groups -OCH3 is 1. The molecule has 1 N–H and O–H groups in total. The molecule has 1 heterocycles. The third-order valence-corrected chi connectivity index (χ3v) is 4.44. The lowest BCUT2D eigenvalue weighted by atomic mass is 10.0. The predicted molar refractivity (Wildman–Crippen MR) is 103 cm³/mol. The van der Waals surface area contributed by atoms with Gasteiger partial charge in [0.1, 0.15) is 5.82 Å². The molecule has 27 heavy (non-hydrogen) atoms. The van der Waals surface area contributed by atoms with Crippen LogP contribution in [0.2, 0.25) is 0 Å². The number of ether oxygens (including phenoxy) is 1. The third-order valence-electron chi connectivity index (χ3n) is 3.54. The van der Waals surface area contributed by atoms with Crippen molar-refractivity contribution >= 4 is 35.0 Å². The third kappa shape index (κ3) is 4.89. The average Bonchev–Trinajstić information content (AvgIpc) is 3.02. The Hall–Kier alpha value is -3.26. The summed E-state index contributed by atoms with van der Waals surface area (Å²) < 4.78 is 17.5. The fourth-order valence-corrected chi connectivity index (χ4v) is 2.93. The lowest BCUT2D eigenvalue weighted by molar-refractivity contribution is -0.135. The number of thioether (sulfide) groups is 1. The monoisotopic (exact) mass is 383 g/mol. The van der Waals surface area contributed by atoms with Gasteiger partial charge in [-0.15, -0.1) is 5.10 Å². The van der Waals surface area contributed by atoms with Crippen molar-refractivity contribution in [2.45, 2.75) is 0 Å². The molecule has 6 nitrogen and oxygen atoms in total. The lowest BCUT2D eigenvalue weighted by Gasteiger charge is -2.01. The molecule has 1 amide bonds. The molecule has 0 spiro atoms. The minimum absolute atomic E-state index is 0.194. The van der Waals surface area contributed by atoms with E-state index in [4.69, 9.17) is 0 Å². The quantitative estimate of drug-likeness (QED) is 0.381. The summed E-state index contributed by atoms with van der Waals surface area (Å²) in [4.78, 5) is 23.1. The summed E-state index contributed by atoms with van der Waals surface area (Å²) in [5.41, 5.74) is 2.68. The first kappa shape index (κ1) is 18.5. The van der Waals surface area contributed by atoms with E-state index in [2.05, 4.69) is 20.3 Å². The molecule has 0 saturated carbocycles. The van der Waals surface area contributed by atoms with Gasteiger partial charge in [0.2, 0.25) is 0 Å². The van der Waals surface area contributed by atoms with Crippen LogP contribution >= 0.6 is 11.8 Å². The number of halogens is 1. The van der Waals surface area contributed by atoms with E-state index >= 15 is 0 Å². The number of amides is 1. The smallest absolute Gasteiger partial charge is 0.331 e. The highest BCUT2D eigenvalue weighted by atomic mass is 32.2. The van der Waals surface area contributed by atoms with Gasteiger partial charge in [-0.05, 0) is 40.6 Å². The Bertz CT molecular complexity index is 951. The molecule has 2 aromatic carbocycles. The molecule has 0 aliphatic carbocycles. The highest BCUT2D eigenvalue weighted by Gasteiger charge is 2.24. The summed E-state index contributed by atoms with van der Waals surface area (Å²) in [6.07, 6.45) is 2.64. The van der Waals surface area contributed by atoms with Gasteiger partial charge in [-0.2, -0.15) is 5.10 Å². The zero-order valence-electron chi connectivity index (χ0n) is 14.2. The number of benzene rings is 2. The van der Waals surface area contributed by atoms with Gasteiger partial charge in [-0.3, -0.25) is 10.1 Å². The molecule has 0 unspecified atom stereocenters. The summed E-state index contributed by atoms with van der Waals surface area (Å²) in [6.45, 7) is 0. The molecule has 1 fully saturated rings. The molecule has 3 rings (SSSR count). The fraction of sp³-hybridized carbons (Fsp3) is 0.0526. The second kappa shape index (κ2) is 8.41. The van der Waals surface area contributed by atoms with Crippen LogP contribution in [0, 0.1) is 5.82 Å². The van der Waals surface area contributed by atoms with E-state index < -0.39 is 11.9 Å². The van der Waals surface area contributed by atoms with Gasteiger partial charge in [0.15, 0.2) is 5.17 Å². The van der Waals surface area contributed by atoms with Crippen LogP contribution in [0.4, 0.5) is 4.39 Å². The summed E-state index contributed by atoms with van der Waals surface area (Å²) in [6, 6.07) is 13.7. The maximum Gasteiger partial charge on any atom is 0.331 e. The van der Waals surface area contributed by atoms with Gasteiger partial charge in [0, 0.05) is 6.08 Å². The highest BCUT2D eigenvalue weighted by molar-refractivity contribution is 8.18. The van der Waals surface area contributed by atoms with Crippen molar-refractivity contribution in [3.8, 4) is 11.1 Å². The maximum atomic E-state index is 13.0. The largest absolute Gasteiger partial charge is 0.466 e. The highest BCUT2D eigenvalue weighted by Crippen LogP contribution is 2.23. The molecule has 2 aromatic rings. The van der Waals surface area contributed by atoms with Gasteiger partial charge in [-0.1, -0.05) is 36.4 Å². The van der Waals surface area contributed by atoms with Crippen LogP contribution in [0.15, 0.2) is 69.7 Å². The summed E-state index contributed by atoms with van der Waals surface area (Å²) >= 11 is 1.00. The summed E-state index contributed by atoms with van der Waals surface area (Å²) in [5.74, 6) is -1.32. The van der Waals surface area contributed by atoms with Gasteiger partial charge in [0.05, 0.1) is 18.2 Å². The molecule has 1 saturated heterocycles. The maximum absolute atomic E-state index is 13.0. The van der Waals surface area contributed by atoms with E-state index in [-0.39, 0.29) is 15.9 Å². The van der Waals surface area contributed by atoms with Crippen molar-refractivity contribution in [3.63, 3.8) is 0 Å². The SMILES string of the molecule is COC(=O)/C=C1/S/C(=N\N=Cc2ccc(-c3ccc(F)cc3)cc2)NC1=O. The van der Waals surface area contributed by atoms with Crippen molar-refractivity contribution in [2.75, 3.05) is 7.11 Å². The van der Waals surface area contributed by atoms with E-state index in [0.29, 0.717) is 0 Å². The number of nitrogens with zero attached hydrogens (tertiary/aromatic N) is 2. The molecule has 1 aliphatic heterocycles. The van der Waals surface area contributed by atoms with Crippen molar-refractivity contribution in [3.05, 3.63) is 70.9 Å². The van der Waals surface area contributed by atoms with Crippen LogP contribution in [0.5, 0.6) is 0 Å². The molecule has 0 atom stereocenters. The number of esters is 1. The van der Waals surface area contributed by atoms with E-state index in [9.17, 15) is 14.0 Å². The van der Waals surface area contributed by atoms with Gasteiger partial charge >= 0.3 is 5.97 Å². The van der Waals surface area contributed by atoms with Gasteiger partial charge < -0.3 is 4.74 Å². The Morgan fingerprint density at radius 3 is 2.37 bits per heavy atom. The Balaban J connectivity index is 1.65. The van der Waals surface area contributed by atoms with Crippen molar-refractivity contribution in [1.29, 1.82) is 0 Å². The summed E-state index contributed by atoms with van der Waals surface area (Å²) in [5, 5.41) is 10.6. The Morgan fingerprint density at radius 1 is 1.11 bits per heavy atom. The number of hydrogen-bond acceptors (Lipinski definition) is 6. The first-order chi connectivity index (χ1) is 13.0. The van der Waals surface area contributed by atoms with Gasteiger partial charge in [0.25, 0.3) is 5.91 Å². The number of hydrogen-bond donors (Lipinski definition) is 1. The molecule has 0 radical (unpaired) electrons. The lowest BCUT2D eigenvalue weighted by Crippen LogP contribution is -2.19. The van der Waals surface area contributed by atoms with Crippen LogP contribution < -0.4 is 5.32 Å². The molecule has 0 aromatic heterocycles. The topological polar surface area (TPSA) is 80.1 Å². The Labute approximate surface area is 158 Å². The fourth-order valence-electron chi connectivity index (χ4n) is 2.19. The van der Waals surface area contributed by atoms with Crippen molar-refractivity contribution < 1.29 is 18.7 Å². The average molecular weight is 383 g/mol. The number of rotatable bonds is 4. The van der Waals surface area contributed by atoms with Crippen molar-refractivity contribution in [2.24, 2.45) is 10.2 Å². The van der Waals surface area contributed by atoms with Crippen LogP contribution in [-0.2, 0) is 14.3 Å². The molecular weight excluding hydrogens is 369 g/mol. The number of amidine groups is 1. The molecule has 1 aliphatic rings. The normalized spacial score (nSPS) is 16.9. The Morgan fingerprint density at radius 2 is 1.74 bits per heavy atom. The van der Waals surface area contributed by atoms with Crippen LogP contribution in [-0.4, -0.2) is 30.4 Å². The van der Waals surface area contributed by atoms with E-state index in [1.165, 1.54) is 25.5 Å². The second-order valence-electron chi connectivity index (χ2n) is 5.37. The number of carbonyl (C=O) groups excluding carboxylic acids is 2. The van der Waals surface area contributed by atoms with Crippen molar-refractivity contribution in [1.82, 2.24) is 5.32 Å². The summed E-state index contributed by atoms with van der Waals surface area (Å²) in [7, 11) is 1.23. The second-order valence-corrected chi connectivity index (χ2v) is 6.40. The zero-order valence-corrected chi connectivity index (χ0v) is 15.0. The Kier molecular flexibility index (Phi) is 5.77. The minimum Gasteiger partial charge on any atom is -0.466 e. The molecule has 8 heteroatoms. The molecular formula is C19H14FN3O3S. The van der Waals surface area contributed by atoms with Crippen LogP contribution in [0.3, 0.4) is 0 Å². The first-order valence-corrected chi connectivity index (χ1v) is 8.62. The first-order valence-electron chi connectivity index (χ1n) is 7.81. The van der Waals surface area contributed by atoms with E-state index in [1.807, 2.05) is 24.3 Å². The molecule has 0 bridgehead atoms. The predicted octanol–water partition coefficient (Wildman–Crippen LogP) is 3.10. The van der Waals surface area contributed by atoms with Gasteiger partial charge in [-0.25, -0.2) is 9.18 Å². The minimum atomic E-state index is -0.612. The number of carbonyl (C=O) groups is 2. The number of nitrogens with one attached hydrogen (secondary N) is 1. The zero-order chi connectivity index (χ0) is 19.2. The van der Waals surface area contributed by atoms with Crippen LogP contribution in [0.1, 0.15) is 5.56 Å². The van der Waals surface area contributed by atoms with Crippen LogP contribution in [0.25, 0.3) is 11.1 Å². The van der Waals surface area contributed by atoms with E-state index in [0.717, 1.165) is 34.5 Å². The molecule has 136 valence electrons. The standard InChI is InChI=1S/C19H14FN3O3S/c1-26-17(24)10-16-18(25)22-19(27-16)23-21-11-12-2-4-13(5-3-12)14-6-8-15(20)9-7-14/h2-11H,1H3,(H,22,23,25)/b16-10+,21-11?. The van der Waals surface area contributed by atoms with E-state index in [1.54, 1.807) is 12.1 Å².